The molecule has 1 aromatic heterocycles. The molecule has 10 rings (SSSR count). The van der Waals surface area contributed by atoms with Crippen LogP contribution in [0.5, 0.6) is 5.75 Å². The Balaban J connectivity index is 0.794. The maximum atomic E-state index is 15.7. The number of rotatable bonds is 11. The van der Waals surface area contributed by atoms with Gasteiger partial charge in [-0.2, -0.15) is 4.98 Å². The number of para-hydroxylation sites is 1. The van der Waals surface area contributed by atoms with Gasteiger partial charge in [-0.25, -0.2) is 9.37 Å². The molecule has 3 aromatic carbocycles. The molecule has 0 aliphatic carbocycles. The van der Waals surface area contributed by atoms with Crippen molar-refractivity contribution >= 4 is 82.2 Å². The number of carbonyl (C=O) groups excluding carboxylic acids is 4. The third kappa shape index (κ3) is 7.81. The van der Waals surface area contributed by atoms with E-state index in [1.54, 1.807) is 20.4 Å². The van der Waals surface area contributed by atoms with Crippen LogP contribution in [-0.4, -0.2) is 115 Å². The SMILES string of the molecule is COc1cc(N2CCC(CN3CC4CC(C3)N4c3cc4c(cc3F)C(=O)N(C3CCC(=O)NC3=O)C4=O)CC2)ccc1Nc1ncc(Cl)c(Nc2ccccc2P(C)(C)=O)n1. The minimum Gasteiger partial charge on any atom is -0.494 e. The van der Waals surface area contributed by atoms with E-state index in [0.717, 1.165) is 68.6 Å². The average Bonchev–Trinajstić information content (AvgIpc) is 3.46. The number of piperidine rings is 3. The Morgan fingerprint density at radius 2 is 1.66 bits per heavy atom. The number of ether oxygens (including phenoxy) is 1. The van der Waals surface area contributed by atoms with Gasteiger partial charge in [-0.1, -0.05) is 23.7 Å². The highest BCUT2D eigenvalue weighted by Gasteiger charge is 2.49. The Morgan fingerprint density at radius 1 is 0.934 bits per heavy atom. The molecule has 6 aliphatic rings. The predicted octanol–water partition coefficient (Wildman–Crippen LogP) is 5.59. The summed E-state index contributed by atoms with van der Waals surface area (Å²) in [6, 6.07) is 15.1. The van der Waals surface area contributed by atoms with E-state index < -0.39 is 42.6 Å². The number of methoxy groups -OCH3 is 1. The van der Waals surface area contributed by atoms with Gasteiger partial charge in [-0.15, -0.1) is 0 Å². The van der Waals surface area contributed by atoms with Crippen LogP contribution in [-0.2, 0) is 14.2 Å². The first-order valence-corrected chi connectivity index (χ1v) is 23.4. The molecule has 5 fully saturated rings. The highest BCUT2D eigenvalue weighted by molar-refractivity contribution is 7.70. The molecule has 61 heavy (non-hydrogen) atoms. The monoisotopic (exact) mass is 869 g/mol. The first-order chi connectivity index (χ1) is 29.2. The summed E-state index contributed by atoms with van der Waals surface area (Å²) >= 11 is 6.47. The smallest absolute Gasteiger partial charge is 0.262 e. The van der Waals surface area contributed by atoms with Gasteiger partial charge >= 0.3 is 0 Å². The van der Waals surface area contributed by atoms with Gasteiger partial charge < -0.3 is 29.7 Å². The second-order valence-electron chi connectivity index (χ2n) is 16.8. The Kier molecular flexibility index (Phi) is 10.7. The Hall–Kier alpha value is -5.57. The van der Waals surface area contributed by atoms with Crippen LogP contribution in [0.1, 0.15) is 52.8 Å². The number of aromatic nitrogens is 2. The second kappa shape index (κ2) is 16.0. The Bertz CT molecular complexity index is 2500. The van der Waals surface area contributed by atoms with E-state index in [1.807, 2.05) is 41.3 Å². The lowest BCUT2D eigenvalue weighted by Gasteiger charge is -2.58. The molecule has 0 spiro atoms. The maximum absolute atomic E-state index is 15.7. The molecule has 3 N–H and O–H groups in total. The number of benzene rings is 3. The van der Waals surface area contributed by atoms with Crippen molar-refractivity contribution in [3.8, 4) is 5.75 Å². The molecule has 318 valence electrons. The molecule has 5 saturated heterocycles. The van der Waals surface area contributed by atoms with Crippen molar-refractivity contribution in [2.45, 2.75) is 50.2 Å². The highest BCUT2D eigenvalue weighted by Crippen LogP contribution is 2.42. The number of halogens is 2. The molecule has 18 heteroatoms. The molecule has 3 atom stereocenters. The molecule has 2 bridgehead atoms. The number of nitrogens with zero attached hydrogens (tertiary/aromatic N) is 6. The van der Waals surface area contributed by atoms with Crippen LogP contribution in [0.25, 0.3) is 0 Å². The summed E-state index contributed by atoms with van der Waals surface area (Å²) in [6.45, 7) is 7.70. The molecule has 0 saturated carbocycles. The summed E-state index contributed by atoms with van der Waals surface area (Å²) in [5.41, 5.74) is 2.74. The Labute approximate surface area is 357 Å². The standard InChI is InChI=1S/C43H46ClFN9O6P/c1-60-36-17-25(8-9-32(36)48-43-46-20-30(44)39(50-43)47-33-6-4-5-7-37(33)61(2,3)59)52-14-12-24(13-15-52)21-51-22-26-16-27(23-51)53(26)35-19-29-28(18-31(35)45)41(57)54(42(29)58)34-10-11-38(55)49-40(34)56/h4-9,17-20,24,26-27,34H,10-16,21-23H2,1-3H3,(H,49,55,56)(H2,46,47,48,50). The van der Waals surface area contributed by atoms with Crippen LogP contribution < -0.4 is 35.8 Å². The van der Waals surface area contributed by atoms with Crippen molar-refractivity contribution in [1.82, 2.24) is 25.1 Å². The predicted molar refractivity (Wildman–Crippen MR) is 231 cm³/mol. The fourth-order valence-corrected chi connectivity index (χ4v) is 10.7. The van der Waals surface area contributed by atoms with Crippen LogP contribution in [0.4, 0.5) is 38.9 Å². The number of fused-ring (bicyclic) bond motifs is 3. The first kappa shape index (κ1) is 40.8. The summed E-state index contributed by atoms with van der Waals surface area (Å²) in [5, 5.41) is 9.70. The van der Waals surface area contributed by atoms with E-state index in [2.05, 4.69) is 41.8 Å². The zero-order chi connectivity index (χ0) is 42.7. The van der Waals surface area contributed by atoms with E-state index in [4.69, 9.17) is 16.3 Å². The van der Waals surface area contributed by atoms with Crippen molar-refractivity contribution in [3.63, 3.8) is 0 Å². The van der Waals surface area contributed by atoms with Crippen molar-refractivity contribution in [2.24, 2.45) is 5.92 Å². The Morgan fingerprint density at radius 3 is 2.36 bits per heavy atom. The third-order valence-electron chi connectivity index (χ3n) is 12.5. The minimum absolute atomic E-state index is 0.0177. The van der Waals surface area contributed by atoms with E-state index >= 15 is 4.39 Å². The normalized spacial score (nSPS) is 21.9. The molecule has 7 heterocycles. The number of anilines is 6. The van der Waals surface area contributed by atoms with Gasteiger partial charge in [-0.05, 0) is 81.3 Å². The van der Waals surface area contributed by atoms with Crippen LogP contribution >= 0.6 is 18.7 Å². The third-order valence-corrected chi connectivity index (χ3v) is 14.3. The van der Waals surface area contributed by atoms with Crippen molar-refractivity contribution in [1.29, 1.82) is 0 Å². The van der Waals surface area contributed by atoms with Crippen LogP contribution in [0.3, 0.4) is 0 Å². The van der Waals surface area contributed by atoms with Crippen molar-refractivity contribution < 1.29 is 32.9 Å². The topological polar surface area (TPSA) is 169 Å². The summed E-state index contributed by atoms with van der Waals surface area (Å²) < 4.78 is 34.4. The summed E-state index contributed by atoms with van der Waals surface area (Å²) in [5.74, 6) is -1.23. The number of amides is 4. The lowest BCUT2D eigenvalue weighted by atomic mass is 9.85. The van der Waals surface area contributed by atoms with Crippen molar-refractivity contribution in [3.05, 3.63) is 82.8 Å². The molecule has 15 nitrogen and oxygen atoms in total. The second-order valence-corrected chi connectivity index (χ2v) is 20.4. The number of carbonyl (C=O) groups is 4. The zero-order valence-electron chi connectivity index (χ0n) is 34.0. The average molecular weight is 870 g/mol. The highest BCUT2D eigenvalue weighted by atomic mass is 35.5. The molecular weight excluding hydrogens is 824 g/mol. The van der Waals surface area contributed by atoms with E-state index in [1.165, 1.54) is 12.3 Å². The minimum atomic E-state index is -2.57. The molecule has 4 aromatic rings. The van der Waals surface area contributed by atoms with Gasteiger partial charge in [0.1, 0.15) is 29.8 Å². The summed E-state index contributed by atoms with van der Waals surface area (Å²) in [7, 11) is -0.946. The fraction of sp³-hybridized carbons (Fsp3) is 0.395. The van der Waals surface area contributed by atoms with Gasteiger partial charge in [-0.3, -0.25) is 34.3 Å². The first-order valence-electron chi connectivity index (χ1n) is 20.5. The number of hydrogen-bond donors (Lipinski definition) is 3. The van der Waals surface area contributed by atoms with E-state index in [9.17, 15) is 23.7 Å². The summed E-state index contributed by atoms with van der Waals surface area (Å²) in [6.07, 6.45) is 4.52. The fourth-order valence-electron chi connectivity index (χ4n) is 9.45. The lowest BCUT2D eigenvalue weighted by molar-refractivity contribution is -0.136. The molecular formula is C43H46ClFN9O6P. The quantitative estimate of drug-likeness (QED) is 0.126. The van der Waals surface area contributed by atoms with Gasteiger partial charge in [0, 0.05) is 68.3 Å². The number of imide groups is 2. The molecule has 3 unspecified atom stereocenters. The number of piperazine rings is 1. The number of nitrogens with one attached hydrogen (secondary N) is 3. The van der Waals surface area contributed by atoms with Crippen LogP contribution in [0, 0.1) is 11.7 Å². The van der Waals surface area contributed by atoms with Crippen molar-refractivity contribution in [2.75, 3.05) is 73.6 Å². The maximum Gasteiger partial charge on any atom is 0.262 e. The van der Waals surface area contributed by atoms with Gasteiger partial charge in [0.25, 0.3) is 11.8 Å². The molecule has 0 radical (unpaired) electrons. The number of hydrogen-bond acceptors (Lipinski definition) is 13. The van der Waals surface area contributed by atoms with E-state index in [-0.39, 0.29) is 36.1 Å². The molecule has 4 amide bonds. The van der Waals surface area contributed by atoms with Gasteiger partial charge in [0.05, 0.1) is 41.5 Å². The van der Waals surface area contributed by atoms with Crippen LogP contribution in [0.2, 0.25) is 5.02 Å². The summed E-state index contributed by atoms with van der Waals surface area (Å²) in [4.78, 5) is 67.5. The zero-order valence-corrected chi connectivity index (χ0v) is 35.6. The largest absolute Gasteiger partial charge is 0.494 e. The van der Waals surface area contributed by atoms with Crippen LogP contribution in [0.15, 0.2) is 60.8 Å². The van der Waals surface area contributed by atoms with E-state index in [0.29, 0.717) is 50.8 Å². The lowest BCUT2D eigenvalue weighted by Crippen LogP contribution is -2.69. The van der Waals surface area contributed by atoms with Gasteiger partial charge in [0.2, 0.25) is 17.8 Å². The van der Waals surface area contributed by atoms with Gasteiger partial charge in [0.15, 0.2) is 5.82 Å². The molecule has 6 aliphatic heterocycles.